The summed E-state index contributed by atoms with van der Waals surface area (Å²) < 4.78 is 25.9. The number of hydrogen-bond acceptors (Lipinski definition) is 2. The van der Waals surface area contributed by atoms with Gasteiger partial charge in [0.2, 0.25) is 0 Å². The number of likely N-dealkylation sites (N-methyl/N-ethyl adjacent to an activating group) is 2. The molecule has 17 heavy (non-hydrogen) atoms. The third-order valence-electron chi connectivity index (χ3n) is 2.54. The first-order valence-electron chi connectivity index (χ1n) is 5.85. The molecule has 1 rings (SSSR count). The molecule has 0 aliphatic heterocycles. The van der Waals surface area contributed by atoms with Crippen molar-refractivity contribution in [2.75, 3.05) is 27.2 Å². The van der Waals surface area contributed by atoms with Crippen molar-refractivity contribution in [2.24, 2.45) is 0 Å². The van der Waals surface area contributed by atoms with Crippen LogP contribution in [0.5, 0.6) is 0 Å². The number of hydrogen-bond donors (Lipinski definition) is 1. The van der Waals surface area contributed by atoms with Gasteiger partial charge < -0.3 is 10.2 Å². The minimum atomic E-state index is -0.790. The summed E-state index contributed by atoms with van der Waals surface area (Å²) in [5.41, 5.74) is 0.816. The minimum Gasteiger partial charge on any atom is -0.313 e. The Hall–Kier alpha value is -1.00. The molecule has 0 saturated carbocycles. The molecule has 0 heterocycles. The summed E-state index contributed by atoms with van der Waals surface area (Å²) >= 11 is 0. The van der Waals surface area contributed by atoms with Crippen LogP contribution in [0.15, 0.2) is 18.2 Å². The Morgan fingerprint density at radius 3 is 2.47 bits per heavy atom. The second-order valence-corrected chi connectivity index (χ2v) is 4.47. The molecule has 1 N–H and O–H groups in total. The lowest BCUT2D eigenvalue weighted by Crippen LogP contribution is -2.39. The minimum absolute atomic E-state index is 0.250. The van der Waals surface area contributed by atoms with Crippen molar-refractivity contribution in [2.45, 2.75) is 19.4 Å². The lowest BCUT2D eigenvalue weighted by atomic mass is 10.1. The van der Waals surface area contributed by atoms with Gasteiger partial charge in [-0.25, -0.2) is 8.78 Å². The lowest BCUT2D eigenvalue weighted by molar-refractivity contribution is 0.338. The van der Waals surface area contributed by atoms with Gasteiger partial charge in [-0.1, -0.05) is 13.0 Å². The normalized spacial score (nSPS) is 13.1. The fourth-order valence-corrected chi connectivity index (χ4v) is 1.88. The van der Waals surface area contributed by atoms with E-state index in [1.807, 2.05) is 21.0 Å². The predicted molar refractivity (Wildman–Crippen MR) is 66.1 cm³/mol. The number of nitrogens with zero attached hydrogens (tertiary/aromatic N) is 1. The summed E-state index contributed by atoms with van der Waals surface area (Å²) in [6.45, 7) is 3.77. The second-order valence-electron chi connectivity index (χ2n) is 4.47. The van der Waals surface area contributed by atoms with Gasteiger partial charge in [-0.05, 0) is 44.8 Å². The zero-order chi connectivity index (χ0) is 12.8. The number of halogens is 2. The monoisotopic (exact) mass is 242 g/mol. The van der Waals surface area contributed by atoms with Gasteiger partial charge in [-0.3, -0.25) is 0 Å². The van der Waals surface area contributed by atoms with E-state index in [0.29, 0.717) is 6.42 Å². The van der Waals surface area contributed by atoms with Crippen molar-refractivity contribution in [1.29, 1.82) is 0 Å². The summed E-state index contributed by atoms with van der Waals surface area (Å²) in [5.74, 6) is -1.57. The van der Waals surface area contributed by atoms with Crippen LogP contribution in [0.3, 0.4) is 0 Å². The van der Waals surface area contributed by atoms with Crippen LogP contribution < -0.4 is 5.32 Å². The highest BCUT2D eigenvalue weighted by Gasteiger charge is 2.11. The Morgan fingerprint density at radius 1 is 1.24 bits per heavy atom. The Kier molecular flexibility index (Phi) is 5.51. The predicted octanol–water partition coefficient (Wildman–Crippen LogP) is 2.05. The first kappa shape index (κ1) is 14.1. The molecule has 0 amide bonds. The highest BCUT2D eigenvalue weighted by atomic mass is 19.2. The molecule has 1 atom stereocenters. The van der Waals surface area contributed by atoms with E-state index in [-0.39, 0.29) is 6.04 Å². The van der Waals surface area contributed by atoms with Gasteiger partial charge in [-0.2, -0.15) is 0 Å². The third kappa shape index (κ3) is 4.79. The van der Waals surface area contributed by atoms with Gasteiger partial charge in [0, 0.05) is 12.6 Å². The summed E-state index contributed by atoms with van der Waals surface area (Å²) in [4.78, 5) is 2.08. The Bertz CT molecular complexity index is 353. The molecular weight excluding hydrogens is 222 g/mol. The van der Waals surface area contributed by atoms with E-state index in [9.17, 15) is 8.78 Å². The van der Waals surface area contributed by atoms with Crippen molar-refractivity contribution >= 4 is 0 Å². The van der Waals surface area contributed by atoms with E-state index >= 15 is 0 Å². The molecule has 0 aromatic heterocycles. The van der Waals surface area contributed by atoms with E-state index in [0.717, 1.165) is 18.7 Å². The Balaban J connectivity index is 2.67. The average Bonchev–Trinajstić information content (AvgIpc) is 2.23. The first-order valence-corrected chi connectivity index (χ1v) is 5.85. The van der Waals surface area contributed by atoms with Crippen LogP contribution >= 0.6 is 0 Å². The van der Waals surface area contributed by atoms with Gasteiger partial charge in [0.05, 0.1) is 0 Å². The maximum Gasteiger partial charge on any atom is 0.159 e. The zero-order valence-electron chi connectivity index (χ0n) is 10.6. The molecule has 0 saturated heterocycles. The Labute approximate surface area is 102 Å². The molecule has 0 radical (unpaired) electrons. The molecule has 0 aliphatic carbocycles. The molecule has 1 aromatic carbocycles. The van der Waals surface area contributed by atoms with Gasteiger partial charge in [0.1, 0.15) is 0 Å². The van der Waals surface area contributed by atoms with Crippen LogP contribution in [-0.2, 0) is 6.42 Å². The molecule has 1 unspecified atom stereocenters. The van der Waals surface area contributed by atoms with Crippen LogP contribution in [0.1, 0.15) is 12.5 Å². The number of nitrogens with one attached hydrogen (secondary N) is 1. The molecule has 1 aromatic rings. The maximum atomic E-state index is 13.1. The third-order valence-corrected chi connectivity index (χ3v) is 2.54. The van der Waals surface area contributed by atoms with Crippen LogP contribution in [0.4, 0.5) is 8.78 Å². The SMILES string of the molecule is CCNC(Cc1ccc(F)c(F)c1)CN(C)C. The van der Waals surface area contributed by atoms with Crippen LogP contribution in [0, 0.1) is 11.6 Å². The van der Waals surface area contributed by atoms with Gasteiger partial charge in [0.25, 0.3) is 0 Å². The van der Waals surface area contributed by atoms with E-state index in [1.165, 1.54) is 12.1 Å². The zero-order valence-corrected chi connectivity index (χ0v) is 10.6. The summed E-state index contributed by atoms with van der Waals surface area (Å²) in [7, 11) is 3.99. The summed E-state index contributed by atoms with van der Waals surface area (Å²) in [5, 5.41) is 3.34. The highest BCUT2D eigenvalue weighted by Crippen LogP contribution is 2.10. The van der Waals surface area contributed by atoms with Crippen LogP contribution in [-0.4, -0.2) is 38.1 Å². The molecule has 96 valence electrons. The smallest absolute Gasteiger partial charge is 0.159 e. The second kappa shape index (κ2) is 6.67. The van der Waals surface area contributed by atoms with Crippen molar-refractivity contribution in [3.63, 3.8) is 0 Å². The quantitative estimate of drug-likeness (QED) is 0.821. The van der Waals surface area contributed by atoms with Crippen molar-refractivity contribution in [3.05, 3.63) is 35.4 Å². The van der Waals surface area contributed by atoms with E-state index in [1.54, 1.807) is 6.07 Å². The molecule has 0 spiro atoms. The maximum absolute atomic E-state index is 13.1. The standard InChI is InChI=1S/C13H20F2N2/c1-4-16-11(9-17(2)3)7-10-5-6-12(14)13(15)8-10/h5-6,8,11,16H,4,7,9H2,1-3H3. The van der Waals surface area contributed by atoms with Crippen molar-refractivity contribution < 1.29 is 8.78 Å². The molecule has 0 aliphatic rings. The molecule has 4 heteroatoms. The van der Waals surface area contributed by atoms with Crippen LogP contribution in [0.25, 0.3) is 0 Å². The van der Waals surface area contributed by atoms with Gasteiger partial charge in [0.15, 0.2) is 11.6 Å². The van der Waals surface area contributed by atoms with Crippen molar-refractivity contribution in [3.8, 4) is 0 Å². The molecule has 0 fully saturated rings. The van der Waals surface area contributed by atoms with E-state index in [2.05, 4.69) is 10.2 Å². The topological polar surface area (TPSA) is 15.3 Å². The van der Waals surface area contributed by atoms with Gasteiger partial charge in [-0.15, -0.1) is 0 Å². The fraction of sp³-hybridized carbons (Fsp3) is 0.538. The summed E-state index contributed by atoms with van der Waals surface area (Å²) in [6.07, 6.45) is 0.698. The fourth-order valence-electron chi connectivity index (χ4n) is 1.88. The van der Waals surface area contributed by atoms with Gasteiger partial charge >= 0.3 is 0 Å². The van der Waals surface area contributed by atoms with E-state index in [4.69, 9.17) is 0 Å². The first-order chi connectivity index (χ1) is 8.02. The summed E-state index contributed by atoms with van der Waals surface area (Å²) in [6, 6.07) is 4.34. The molecule has 0 bridgehead atoms. The number of rotatable bonds is 6. The largest absolute Gasteiger partial charge is 0.313 e. The van der Waals surface area contributed by atoms with E-state index < -0.39 is 11.6 Å². The molecule has 2 nitrogen and oxygen atoms in total. The number of benzene rings is 1. The van der Waals surface area contributed by atoms with Crippen molar-refractivity contribution in [1.82, 2.24) is 10.2 Å². The highest BCUT2D eigenvalue weighted by molar-refractivity contribution is 5.18. The lowest BCUT2D eigenvalue weighted by Gasteiger charge is -2.22. The van der Waals surface area contributed by atoms with Crippen LogP contribution in [0.2, 0.25) is 0 Å². The average molecular weight is 242 g/mol. The molecular formula is C13H20F2N2. The Morgan fingerprint density at radius 2 is 1.94 bits per heavy atom.